The number of likely N-dealkylation sites (tertiary alicyclic amines) is 1. The second kappa shape index (κ2) is 11.3. The largest absolute Gasteiger partial charge is 0.357 e. The molecule has 0 bridgehead atoms. The third kappa shape index (κ3) is 7.07. The summed E-state index contributed by atoms with van der Waals surface area (Å²) < 4.78 is 0. The third-order valence-corrected chi connectivity index (χ3v) is 4.00. The topological polar surface area (TPSA) is 56.7 Å². The molecule has 1 aromatic carbocycles. The number of benzene rings is 1. The van der Waals surface area contributed by atoms with Gasteiger partial charge in [0.2, 0.25) is 5.91 Å². The van der Waals surface area contributed by atoms with E-state index in [-0.39, 0.29) is 29.9 Å². The average Bonchev–Trinajstić information content (AvgIpc) is 2.59. The van der Waals surface area contributed by atoms with E-state index in [4.69, 9.17) is 0 Å². The van der Waals surface area contributed by atoms with Gasteiger partial charge in [0, 0.05) is 19.6 Å². The minimum absolute atomic E-state index is 0. The van der Waals surface area contributed by atoms with E-state index in [1.165, 1.54) is 12.0 Å². The van der Waals surface area contributed by atoms with Gasteiger partial charge < -0.3 is 15.5 Å². The molecular weight excluding hydrogens is 415 g/mol. The van der Waals surface area contributed by atoms with Gasteiger partial charge in [-0.2, -0.15) is 0 Å². The van der Waals surface area contributed by atoms with E-state index in [1.54, 1.807) is 0 Å². The minimum atomic E-state index is 0. The smallest absolute Gasteiger partial charge is 0.241 e. The fourth-order valence-electron chi connectivity index (χ4n) is 2.62. The Labute approximate surface area is 162 Å². The van der Waals surface area contributed by atoms with Crippen LogP contribution in [0.5, 0.6) is 0 Å². The average molecular weight is 444 g/mol. The number of aliphatic imine (C=N–C) groups is 1. The van der Waals surface area contributed by atoms with Gasteiger partial charge in [0.05, 0.1) is 13.1 Å². The molecule has 6 heteroatoms. The van der Waals surface area contributed by atoms with Crippen molar-refractivity contribution < 1.29 is 4.79 Å². The van der Waals surface area contributed by atoms with E-state index < -0.39 is 0 Å². The number of carbonyl (C=O) groups is 1. The highest BCUT2D eigenvalue weighted by Crippen LogP contribution is 2.08. The molecule has 0 unspecified atom stereocenters. The van der Waals surface area contributed by atoms with Gasteiger partial charge in [-0.15, -0.1) is 24.0 Å². The van der Waals surface area contributed by atoms with Gasteiger partial charge in [0.1, 0.15) is 0 Å². The molecule has 134 valence electrons. The number of nitrogens with one attached hydrogen (secondary N) is 2. The summed E-state index contributed by atoms with van der Waals surface area (Å²) in [4.78, 5) is 18.7. The van der Waals surface area contributed by atoms with Crippen molar-refractivity contribution in [2.24, 2.45) is 4.99 Å². The van der Waals surface area contributed by atoms with Crippen molar-refractivity contribution in [1.82, 2.24) is 15.5 Å². The quantitative estimate of drug-likeness (QED) is 0.417. The Morgan fingerprint density at radius 2 is 1.79 bits per heavy atom. The van der Waals surface area contributed by atoms with E-state index in [0.717, 1.165) is 38.0 Å². The number of halogens is 1. The van der Waals surface area contributed by atoms with Crippen molar-refractivity contribution in [3.63, 3.8) is 0 Å². The lowest BCUT2D eigenvalue weighted by atomic mass is 10.1. The first-order chi connectivity index (χ1) is 11.2. The van der Waals surface area contributed by atoms with Crippen molar-refractivity contribution in [2.45, 2.75) is 39.7 Å². The monoisotopic (exact) mass is 444 g/mol. The van der Waals surface area contributed by atoms with E-state index >= 15 is 0 Å². The van der Waals surface area contributed by atoms with Crippen LogP contribution in [0.1, 0.15) is 37.3 Å². The van der Waals surface area contributed by atoms with Gasteiger partial charge in [-0.05, 0) is 38.7 Å². The van der Waals surface area contributed by atoms with Gasteiger partial charge >= 0.3 is 0 Å². The zero-order valence-electron chi connectivity index (χ0n) is 14.7. The van der Waals surface area contributed by atoms with Gasteiger partial charge in [-0.3, -0.25) is 4.79 Å². The van der Waals surface area contributed by atoms with E-state index in [9.17, 15) is 4.79 Å². The van der Waals surface area contributed by atoms with Gasteiger partial charge in [-0.25, -0.2) is 4.99 Å². The number of piperidine rings is 1. The molecule has 1 heterocycles. The maximum atomic E-state index is 12.2. The second-order valence-electron chi connectivity index (χ2n) is 5.98. The molecule has 5 nitrogen and oxygen atoms in total. The molecule has 0 radical (unpaired) electrons. The van der Waals surface area contributed by atoms with Crippen LogP contribution in [0.2, 0.25) is 0 Å². The van der Waals surface area contributed by atoms with Crippen LogP contribution in [0.25, 0.3) is 0 Å². The van der Waals surface area contributed by atoms with Gasteiger partial charge in [-0.1, -0.05) is 29.8 Å². The minimum Gasteiger partial charge on any atom is -0.357 e. The first-order valence-corrected chi connectivity index (χ1v) is 8.54. The second-order valence-corrected chi connectivity index (χ2v) is 5.98. The molecule has 1 amide bonds. The van der Waals surface area contributed by atoms with E-state index in [0.29, 0.717) is 19.0 Å². The molecular formula is C18H29IN4O. The zero-order chi connectivity index (χ0) is 16.5. The SMILES string of the molecule is CCNC(=NCc1ccc(C)cc1)NCC(=O)N1CCCCC1.I. The zero-order valence-corrected chi connectivity index (χ0v) is 17.0. The Morgan fingerprint density at radius 3 is 2.42 bits per heavy atom. The molecule has 24 heavy (non-hydrogen) atoms. The van der Waals surface area contributed by atoms with Crippen LogP contribution in [0.15, 0.2) is 29.3 Å². The Kier molecular flexibility index (Phi) is 9.75. The Hall–Kier alpha value is -1.31. The third-order valence-electron chi connectivity index (χ3n) is 4.00. The van der Waals surface area contributed by atoms with Crippen LogP contribution in [0.4, 0.5) is 0 Å². The maximum absolute atomic E-state index is 12.2. The standard InChI is InChI=1S/C18H28N4O.HI/c1-3-19-18(20-13-16-9-7-15(2)8-10-16)21-14-17(23)22-11-5-4-6-12-22;/h7-10H,3-6,11-14H2,1-2H3,(H2,19,20,21);1H. The maximum Gasteiger partial charge on any atom is 0.241 e. The summed E-state index contributed by atoms with van der Waals surface area (Å²) in [6.45, 7) is 7.56. The fourth-order valence-corrected chi connectivity index (χ4v) is 2.62. The molecule has 0 aromatic heterocycles. The summed E-state index contributed by atoms with van der Waals surface area (Å²) in [6, 6.07) is 8.35. The van der Waals surface area contributed by atoms with Crippen LogP contribution in [-0.2, 0) is 11.3 Å². The highest BCUT2D eigenvalue weighted by atomic mass is 127. The Morgan fingerprint density at radius 1 is 1.12 bits per heavy atom. The molecule has 1 aromatic rings. The fraction of sp³-hybridized carbons (Fsp3) is 0.556. The molecule has 0 atom stereocenters. The molecule has 1 saturated heterocycles. The molecule has 1 aliphatic rings. The molecule has 2 N–H and O–H groups in total. The first-order valence-electron chi connectivity index (χ1n) is 8.54. The van der Waals surface area contributed by atoms with Gasteiger partial charge in [0.15, 0.2) is 5.96 Å². The van der Waals surface area contributed by atoms with Crippen LogP contribution >= 0.6 is 24.0 Å². The number of guanidine groups is 1. The van der Waals surface area contributed by atoms with Crippen LogP contribution in [-0.4, -0.2) is 42.9 Å². The molecule has 0 aliphatic carbocycles. The lowest BCUT2D eigenvalue weighted by Gasteiger charge is -2.27. The number of hydrogen-bond acceptors (Lipinski definition) is 2. The number of aryl methyl sites for hydroxylation is 1. The van der Waals surface area contributed by atoms with E-state index in [2.05, 4.69) is 46.8 Å². The van der Waals surface area contributed by atoms with Crippen LogP contribution in [0.3, 0.4) is 0 Å². The highest BCUT2D eigenvalue weighted by molar-refractivity contribution is 14.0. The number of hydrogen-bond donors (Lipinski definition) is 2. The summed E-state index contributed by atoms with van der Waals surface area (Å²) in [5, 5.41) is 6.34. The lowest BCUT2D eigenvalue weighted by molar-refractivity contribution is -0.130. The normalized spacial score (nSPS) is 14.8. The molecule has 1 fully saturated rings. The predicted molar refractivity (Wildman–Crippen MR) is 110 cm³/mol. The molecule has 2 rings (SSSR count). The first kappa shape index (κ1) is 20.7. The number of rotatable bonds is 5. The predicted octanol–water partition coefficient (Wildman–Crippen LogP) is 2.68. The summed E-state index contributed by atoms with van der Waals surface area (Å²) in [5.74, 6) is 0.851. The van der Waals surface area contributed by atoms with Gasteiger partial charge in [0.25, 0.3) is 0 Å². The number of amides is 1. The summed E-state index contributed by atoms with van der Waals surface area (Å²) >= 11 is 0. The van der Waals surface area contributed by atoms with Crippen molar-refractivity contribution >= 4 is 35.8 Å². The molecule has 0 saturated carbocycles. The highest BCUT2D eigenvalue weighted by Gasteiger charge is 2.16. The number of nitrogens with zero attached hydrogens (tertiary/aromatic N) is 2. The van der Waals surface area contributed by atoms with Crippen molar-refractivity contribution in [2.75, 3.05) is 26.2 Å². The van der Waals surface area contributed by atoms with Crippen molar-refractivity contribution in [3.05, 3.63) is 35.4 Å². The summed E-state index contributed by atoms with van der Waals surface area (Å²) in [7, 11) is 0. The Balaban J connectivity index is 0.00000288. The summed E-state index contributed by atoms with van der Waals surface area (Å²) in [6.07, 6.45) is 3.47. The Bertz CT molecular complexity index is 524. The molecule has 1 aliphatic heterocycles. The van der Waals surface area contributed by atoms with Crippen molar-refractivity contribution in [1.29, 1.82) is 0 Å². The molecule has 0 spiro atoms. The van der Waals surface area contributed by atoms with E-state index in [1.807, 2.05) is 11.8 Å². The van der Waals surface area contributed by atoms with Crippen LogP contribution < -0.4 is 10.6 Å². The number of carbonyl (C=O) groups excluding carboxylic acids is 1. The summed E-state index contributed by atoms with van der Waals surface area (Å²) in [5.41, 5.74) is 2.41. The van der Waals surface area contributed by atoms with Crippen molar-refractivity contribution in [3.8, 4) is 0 Å². The van der Waals surface area contributed by atoms with Crippen LogP contribution in [0, 0.1) is 6.92 Å². The lowest BCUT2D eigenvalue weighted by Crippen LogP contribution is -2.46.